The van der Waals surface area contributed by atoms with Crippen LogP contribution in [0.3, 0.4) is 0 Å². The van der Waals surface area contributed by atoms with E-state index in [1.54, 1.807) is 17.9 Å². The van der Waals surface area contributed by atoms with Crippen molar-refractivity contribution in [3.05, 3.63) is 41.6 Å². The van der Waals surface area contributed by atoms with Crippen LogP contribution in [0.1, 0.15) is 54.6 Å². The van der Waals surface area contributed by atoms with Crippen LogP contribution in [0.15, 0.2) is 30.3 Å². The Kier molecular flexibility index (Phi) is 6.34. The van der Waals surface area contributed by atoms with Gasteiger partial charge in [-0.3, -0.25) is 9.78 Å². The van der Waals surface area contributed by atoms with Crippen LogP contribution in [0.2, 0.25) is 0 Å². The summed E-state index contributed by atoms with van der Waals surface area (Å²) in [6, 6.07) is 9.21. The molecule has 2 amide bonds. The molecule has 0 atom stereocenters. The number of carbonyl (C=O) groups is 3. The van der Waals surface area contributed by atoms with E-state index in [2.05, 4.69) is 10.3 Å². The van der Waals surface area contributed by atoms with Crippen molar-refractivity contribution >= 4 is 28.9 Å². The van der Waals surface area contributed by atoms with Gasteiger partial charge in [-0.2, -0.15) is 0 Å². The smallest absolute Gasteiger partial charge is 0.409 e. The summed E-state index contributed by atoms with van der Waals surface area (Å²) in [6.45, 7) is 2.82. The van der Waals surface area contributed by atoms with Crippen molar-refractivity contribution in [2.75, 3.05) is 26.3 Å². The van der Waals surface area contributed by atoms with E-state index < -0.39 is 5.97 Å². The average molecular weight is 425 g/mol. The Morgan fingerprint density at radius 2 is 1.84 bits per heavy atom. The van der Waals surface area contributed by atoms with Gasteiger partial charge in [0.25, 0.3) is 5.91 Å². The number of nitrogens with zero attached hydrogens (tertiary/aromatic N) is 2. The number of nitrogens with one attached hydrogen (secondary N) is 1. The highest BCUT2D eigenvalue weighted by Gasteiger charge is 2.28. The standard InChI is InChI=1S/C23H27N3O5/c1-2-30-23(29)26-11-9-16(10-12-26)24-21(27)14-31-22(28)18-13-20(15-7-8-15)25-19-6-4-3-5-17(18)19/h3-6,13,15-16H,2,7-12,14H2,1H3,(H,24,27). The van der Waals surface area contributed by atoms with Gasteiger partial charge in [0.15, 0.2) is 6.61 Å². The van der Waals surface area contributed by atoms with Gasteiger partial charge in [-0.25, -0.2) is 9.59 Å². The van der Waals surface area contributed by atoms with Crippen LogP contribution in [0, 0.1) is 0 Å². The quantitative estimate of drug-likeness (QED) is 0.715. The molecule has 1 aliphatic carbocycles. The lowest BCUT2D eigenvalue weighted by Crippen LogP contribution is -2.47. The number of fused-ring (bicyclic) bond motifs is 1. The Labute approximate surface area is 180 Å². The van der Waals surface area contributed by atoms with Gasteiger partial charge in [-0.1, -0.05) is 18.2 Å². The number of likely N-dealkylation sites (tertiary alicyclic amines) is 1. The molecule has 2 aromatic rings. The summed E-state index contributed by atoms with van der Waals surface area (Å²) in [4.78, 5) is 43.1. The molecule has 0 bridgehead atoms. The number of para-hydroxylation sites is 1. The Balaban J connectivity index is 1.31. The maximum Gasteiger partial charge on any atom is 0.409 e. The number of amides is 2. The fourth-order valence-corrected chi connectivity index (χ4v) is 3.85. The van der Waals surface area contributed by atoms with Crippen LogP contribution < -0.4 is 5.32 Å². The highest BCUT2D eigenvalue weighted by atomic mass is 16.6. The van der Waals surface area contributed by atoms with Crippen molar-refractivity contribution < 1.29 is 23.9 Å². The number of aromatic nitrogens is 1. The Morgan fingerprint density at radius 3 is 2.55 bits per heavy atom. The van der Waals surface area contributed by atoms with E-state index in [-0.39, 0.29) is 24.6 Å². The summed E-state index contributed by atoms with van der Waals surface area (Å²) in [5.74, 6) is -0.462. The third kappa shape index (κ3) is 5.13. The number of rotatable bonds is 6. The van der Waals surface area contributed by atoms with Gasteiger partial charge in [-0.15, -0.1) is 0 Å². The molecule has 1 N–H and O–H groups in total. The maximum atomic E-state index is 12.7. The van der Waals surface area contributed by atoms with E-state index >= 15 is 0 Å². The second-order valence-corrected chi connectivity index (χ2v) is 7.99. The molecule has 164 valence electrons. The SMILES string of the molecule is CCOC(=O)N1CCC(NC(=O)COC(=O)c2cc(C3CC3)nc3ccccc23)CC1. The highest BCUT2D eigenvalue weighted by molar-refractivity contribution is 6.04. The number of piperidine rings is 1. The number of esters is 1. The molecule has 1 aromatic carbocycles. The minimum absolute atomic E-state index is 0.0555. The van der Waals surface area contributed by atoms with E-state index in [0.717, 1.165) is 29.4 Å². The first-order valence-electron chi connectivity index (χ1n) is 10.8. The molecule has 8 heteroatoms. The fraction of sp³-hybridized carbons (Fsp3) is 0.478. The van der Waals surface area contributed by atoms with E-state index in [1.807, 2.05) is 24.3 Å². The monoisotopic (exact) mass is 425 g/mol. The van der Waals surface area contributed by atoms with Crippen molar-refractivity contribution in [1.82, 2.24) is 15.2 Å². The van der Waals surface area contributed by atoms with Crippen LogP contribution in [-0.4, -0.2) is 60.2 Å². The number of hydrogen-bond donors (Lipinski definition) is 1. The van der Waals surface area contributed by atoms with Gasteiger partial charge >= 0.3 is 12.1 Å². The summed E-state index contributed by atoms with van der Waals surface area (Å²) in [5.41, 5.74) is 2.11. The molecule has 1 saturated carbocycles. The fourth-order valence-electron chi connectivity index (χ4n) is 3.85. The molecule has 2 heterocycles. The van der Waals surface area contributed by atoms with E-state index in [4.69, 9.17) is 9.47 Å². The molecule has 31 heavy (non-hydrogen) atoms. The Morgan fingerprint density at radius 1 is 1.10 bits per heavy atom. The second-order valence-electron chi connectivity index (χ2n) is 7.99. The van der Waals surface area contributed by atoms with E-state index in [9.17, 15) is 14.4 Å². The van der Waals surface area contributed by atoms with Crippen LogP contribution in [0.25, 0.3) is 10.9 Å². The second kappa shape index (κ2) is 9.32. The minimum Gasteiger partial charge on any atom is -0.452 e. The van der Waals surface area contributed by atoms with Gasteiger partial charge in [0.05, 0.1) is 17.7 Å². The van der Waals surface area contributed by atoms with Crippen molar-refractivity contribution in [2.45, 2.75) is 44.6 Å². The molecule has 4 rings (SSSR count). The molecule has 0 unspecified atom stereocenters. The van der Waals surface area contributed by atoms with Gasteiger partial charge < -0.3 is 19.7 Å². The molecule has 1 aliphatic heterocycles. The first kappa shape index (κ1) is 21.1. The van der Waals surface area contributed by atoms with Gasteiger partial charge in [0.1, 0.15) is 0 Å². The molecule has 2 aliphatic rings. The summed E-state index contributed by atoms with van der Waals surface area (Å²) in [6.07, 6.45) is 3.11. The lowest BCUT2D eigenvalue weighted by atomic mass is 10.1. The number of benzene rings is 1. The average Bonchev–Trinajstić information content (AvgIpc) is 3.63. The summed E-state index contributed by atoms with van der Waals surface area (Å²) in [5, 5.41) is 3.61. The number of carbonyl (C=O) groups excluding carboxylic acids is 3. The summed E-state index contributed by atoms with van der Waals surface area (Å²) >= 11 is 0. The molecule has 1 saturated heterocycles. The normalized spacial score (nSPS) is 16.7. The Bertz CT molecular complexity index is 980. The zero-order chi connectivity index (χ0) is 21.8. The Hall–Kier alpha value is -3.16. The molecular weight excluding hydrogens is 398 g/mol. The molecular formula is C23H27N3O5. The third-order valence-corrected chi connectivity index (χ3v) is 5.67. The van der Waals surface area contributed by atoms with Crippen LogP contribution >= 0.6 is 0 Å². The first-order chi connectivity index (χ1) is 15.0. The maximum absolute atomic E-state index is 12.7. The van der Waals surface area contributed by atoms with Crippen LogP contribution in [-0.2, 0) is 14.3 Å². The molecule has 8 nitrogen and oxygen atoms in total. The number of pyridine rings is 1. The van der Waals surface area contributed by atoms with Crippen molar-refractivity contribution in [2.24, 2.45) is 0 Å². The van der Waals surface area contributed by atoms with E-state index in [0.29, 0.717) is 44.0 Å². The van der Waals surface area contributed by atoms with Crippen molar-refractivity contribution in [3.63, 3.8) is 0 Å². The van der Waals surface area contributed by atoms with Crippen LogP contribution in [0.4, 0.5) is 4.79 Å². The highest BCUT2D eigenvalue weighted by Crippen LogP contribution is 2.40. The first-order valence-corrected chi connectivity index (χ1v) is 10.8. The molecule has 1 aromatic heterocycles. The van der Waals surface area contributed by atoms with E-state index in [1.165, 1.54) is 0 Å². The largest absolute Gasteiger partial charge is 0.452 e. The lowest BCUT2D eigenvalue weighted by molar-refractivity contribution is -0.125. The summed E-state index contributed by atoms with van der Waals surface area (Å²) in [7, 11) is 0. The topological polar surface area (TPSA) is 97.8 Å². The van der Waals surface area contributed by atoms with Crippen molar-refractivity contribution in [3.8, 4) is 0 Å². The summed E-state index contributed by atoms with van der Waals surface area (Å²) < 4.78 is 10.3. The zero-order valence-corrected chi connectivity index (χ0v) is 17.6. The number of ether oxygens (including phenoxy) is 2. The van der Waals surface area contributed by atoms with Crippen LogP contribution in [0.5, 0.6) is 0 Å². The van der Waals surface area contributed by atoms with Gasteiger partial charge in [0, 0.05) is 36.1 Å². The van der Waals surface area contributed by atoms with Gasteiger partial charge in [-0.05, 0) is 44.7 Å². The number of hydrogen-bond acceptors (Lipinski definition) is 6. The van der Waals surface area contributed by atoms with Crippen molar-refractivity contribution in [1.29, 1.82) is 0 Å². The molecule has 2 fully saturated rings. The molecule has 0 spiro atoms. The molecule has 0 radical (unpaired) electrons. The van der Waals surface area contributed by atoms with Gasteiger partial charge in [0.2, 0.25) is 0 Å². The lowest BCUT2D eigenvalue weighted by Gasteiger charge is -2.31. The predicted octanol–water partition coefficient (Wildman–Crippen LogP) is 3.01. The zero-order valence-electron chi connectivity index (χ0n) is 17.6. The third-order valence-electron chi connectivity index (χ3n) is 5.67. The predicted molar refractivity (Wildman–Crippen MR) is 114 cm³/mol. The minimum atomic E-state index is -0.521.